The van der Waals surface area contributed by atoms with Crippen LogP contribution in [0.1, 0.15) is 17.7 Å². The molecule has 0 spiro atoms. The molecular formula is C10H10FNO3S. The Balaban J connectivity index is 2.90. The lowest BCUT2D eigenvalue weighted by Crippen LogP contribution is -2.11. The molecule has 86 valence electrons. The number of thioether (sulfide) groups is 1. The van der Waals surface area contributed by atoms with Gasteiger partial charge in [-0.15, -0.1) is 0 Å². The Hall–Kier alpha value is -1.43. The molecule has 1 rings (SSSR count). The van der Waals surface area contributed by atoms with Crippen molar-refractivity contribution < 1.29 is 14.1 Å². The SMILES string of the molecule is CC(=O)S[C@@H](C[N+](=O)[O-])c1cccc(F)c1. The molecule has 0 aromatic heterocycles. The third-order valence-electron chi connectivity index (χ3n) is 1.84. The molecule has 1 aromatic carbocycles. The molecule has 16 heavy (non-hydrogen) atoms. The molecule has 0 N–H and O–H groups in total. The smallest absolute Gasteiger partial charge is 0.220 e. The van der Waals surface area contributed by atoms with Gasteiger partial charge >= 0.3 is 0 Å². The average Bonchev–Trinajstić information content (AvgIpc) is 2.15. The molecule has 0 heterocycles. The van der Waals surface area contributed by atoms with Crippen LogP contribution in [0.25, 0.3) is 0 Å². The number of rotatable bonds is 4. The van der Waals surface area contributed by atoms with Crippen molar-refractivity contribution in [2.75, 3.05) is 6.54 Å². The Morgan fingerprint density at radius 2 is 2.31 bits per heavy atom. The molecule has 0 bridgehead atoms. The molecule has 0 aliphatic heterocycles. The fourth-order valence-electron chi connectivity index (χ4n) is 1.25. The number of nitrogens with zero attached hydrogens (tertiary/aromatic N) is 1. The molecular weight excluding hydrogens is 233 g/mol. The predicted molar refractivity (Wildman–Crippen MR) is 59.3 cm³/mol. The normalized spacial score (nSPS) is 12.1. The molecule has 0 radical (unpaired) electrons. The minimum absolute atomic E-state index is 0.226. The summed E-state index contributed by atoms with van der Waals surface area (Å²) in [6.45, 7) is 0.935. The molecule has 0 aliphatic carbocycles. The fraction of sp³-hybridized carbons (Fsp3) is 0.300. The van der Waals surface area contributed by atoms with Gasteiger partial charge < -0.3 is 0 Å². The van der Waals surface area contributed by atoms with Crippen LogP contribution in [0.4, 0.5) is 4.39 Å². The minimum Gasteiger partial charge on any atom is -0.288 e. The van der Waals surface area contributed by atoms with E-state index in [1.54, 1.807) is 6.07 Å². The van der Waals surface area contributed by atoms with Gasteiger partial charge in [-0.2, -0.15) is 0 Å². The Morgan fingerprint density at radius 3 is 2.81 bits per heavy atom. The van der Waals surface area contributed by atoms with Crippen LogP contribution in [-0.2, 0) is 4.79 Å². The van der Waals surface area contributed by atoms with Gasteiger partial charge in [0.15, 0.2) is 5.12 Å². The van der Waals surface area contributed by atoms with E-state index < -0.39 is 22.5 Å². The maximum absolute atomic E-state index is 12.9. The van der Waals surface area contributed by atoms with Gasteiger partial charge in [0.25, 0.3) is 0 Å². The molecule has 6 heteroatoms. The molecule has 1 atom stereocenters. The van der Waals surface area contributed by atoms with E-state index in [1.165, 1.54) is 25.1 Å². The van der Waals surface area contributed by atoms with Crippen molar-refractivity contribution in [3.05, 3.63) is 45.8 Å². The molecule has 1 aromatic rings. The summed E-state index contributed by atoms with van der Waals surface area (Å²) in [5, 5.41) is 9.57. The number of hydrogen-bond donors (Lipinski definition) is 0. The van der Waals surface area contributed by atoms with Crippen molar-refractivity contribution in [2.24, 2.45) is 0 Å². The summed E-state index contributed by atoms with van der Waals surface area (Å²) in [4.78, 5) is 20.9. The number of carbonyl (C=O) groups excluding carboxylic acids is 1. The van der Waals surface area contributed by atoms with Gasteiger partial charge in [0, 0.05) is 11.8 Å². The molecule has 4 nitrogen and oxygen atoms in total. The van der Waals surface area contributed by atoms with Gasteiger partial charge in [-0.3, -0.25) is 14.9 Å². The number of halogens is 1. The Bertz CT molecular complexity index is 395. The maximum Gasteiger partial charge on any atom is 0.220 e. The van der Waals surface area contributed by atoms with Crippen molar-refractivity contribution in [1.82, 2.24) is 0 Å². The Morgan fingerprint density at radius 1 is 1.62 bits per heavy atom. The highest BCUT2D eigenvalue weighted by Gasteiger charge is 2.20. The molecule has 0 unspecified atom stereocenters. The summed E-state index contributed by atoms with van der Waals surface area (Å²) in [5.41, 5.74) is 0.455. The van der Waals surface area contributed by atoms with Crippen molar-refractivity contribution in [3.8, 4) is 0 Å². The van der Waals surface area contributed by atoms with E-state index >= 15 is 0 Å². The largest absolute Gasteiger partial charge is 0.288 e. The summed E-state index contributed by atoms with van der Waals surface area (Å²) in [6, 6.07) is 5.51. The Labute approximate surface area is 96.0 Å². The van der Waals surface area contributed by atoms with Gasteiger partial charge in [-0.1, -0.05) is 23.9 Å². The highest BCUT2D eigenvalue weighted by molar-refractivity contribution is 8.13. The van der Waals surface area contributed by atoms with E-state index in [1.807, 2.05) is 0 Å². The van der Waals surface area contributed by atoms with E-state index in [4.69, 9.17) is 0 Å². The summed E-state index contributed by atoms with van der Waals surface area (Å²) in [6.07, 6.45) is 0. The third-order valence-corrected chi connectivity index (χ3v) is 2.88. The average molecular weight is 243 g/mol. The van der Waals surface area contributed by atoms with Gasteiger partial charge in [0.2, 0.25) is 6.54 Å². The van der Waals surface area contributed by atoms with E-state index in [9.17, 15) is 19.3 Å². The van der Waals surface area contributed by atoms with Crippen LogP contribution in [0, 0.1) is 15.9 Å². The van der Waals surface area contributed by atoms with Gasteiger partial charge in [-0.05, 0) is 17.7 Å². The standard InChI is InChI=1S/C10H10FNO3S/c1-7(13)16-10(6-12(14)15)8-3-2-4-9(11)5-8/h2-5,10H,6H2,1H3/t10-/m0/s1. The minimum atomic E-state index is -0.636. The number of benzene rings is 1. The van der Waals surface area contributed by atoms with E-state index in [0.717, 1.165) is 11.8 Å². The lowest BCUT2D eigenvalue weighted by atomic mass is 10.1. The zero-order valence-electron chi connectivity index (χ0n) is 8.55. The van der Waals surface area contributed by atoms with Gasteiger partial charge in [0.05, 0.1) is 0 Å². The second kappa shape index (κ2) is 5.60. The molecule has 0 amide bonds. The van der Waals surface area contributed by atoms with Gasteiger partial charge in [0.1, 0.15) is 11.1 Å². The summed E-state index contributed by atoms with van der Waals surface area (Å²) >= 11 is 0.842. The highest BCUT2D eigenvalue weighted by atomic mass is 32.2. The summed E-state index contributed by atoms with van der Waals surface area (Å²) in [7, 11) is 0. The van der Waals surface area contributed by atoms with Gasteiger partial charge in [-0.25, -0.2) is 4.39 Å². The third kappa shape index (κ3) is 3.98. The number of hydrogen-bond acceptors (Lipinski definition) is 4. The Kier molecular flexibility index (Phi) is 4.42. The van der Waals surface area contributed by atoms with Crippen LogP contribution < -0.4 is 0 Å². The van der Waals surface area contributed by atoms with Crippen LogP contribution in [0.5, 0.6) is 0 Å². The molecule has 0 saturated carbocycles. The predicted octanol–water partition coefficient (Wildman–Crippen LogP) is 2.42. The van der Waals surface area contributed by atoms with E-state index in [-0.39, 0.29) is 5.12 Å². The molecule has 0 fully saturated rings. The quantitative estimate of drug-likeness (QED) is 0.602. The molecule has 0 saturated heterocycles. The second-order valence-corrected chi connectivity index (χ2v) is 4.55. The van der Waals surface area contributed by atoms with E-state index in [0.29, 0.717) is 5.56 Å². The van der Waals surface area contributed by atoms with Crippen molar-refractivity contribution in [3.63, 3.8) is 0 Å². The first kappa shape index (κ1) is 12.6. The topological polar surface area (TPSA) is 60.2 Å². The number of carbonyl (C=O) groups is 1. The monoisotopic (exact) mass is 243 g/mol. The lowest BCUT2D eigenvalue weighted by molar-refractivity contribution is -0.479. The first-order valence-electron chi connectivity index (χ1n) is 4.53. The van der Waals surface area contributed by atoms with Crippen molar-refractivity contribution >= 4 is 16.9 Å². The number of nitro groups is 1. The van der Waals surface area contributed by atoms with Crippen LogP contribution >= 0.6 is 11.8 Å². The van der Waals surface area contributed by atoms with Crippen molar-refractivity contribution in [2.45, 2.75) is 12.2 Å². The van der Waals surface area contributed by atoms with Crippen LogP contribution in [0.15, 0.2) is 24.3 Å². The fourth-order valence-corrected chi connectivity index (χ4v) is 2.13. The summed E-state index contributed by atoms with van der Waals surface area (Å²) in [5.74, 6) is -0.463. The summed E-state index contributed by atoms with van der Waals surface area (Å²) < 4.78 is 12.9. The van der Waals surface area contributed by atoms with Crippen LogP contribution in [0.3, 0.4) is 0 Å². The van der Waals surface area contributed by atoms with Crippen LogP contribution in [0.2, 0.25) is 0 Å². The first-order valence-corrected chi connectivity index (χ1v) is 5.41. The maximum atomic E-state index is 12.9. The zero-order valence-corrected chi connectivity index (χ0v) is 9.37. The highest BCUT2D eigenvalue weighted by Crippen LogP contribution is 2.29. The zero-order chi connectivity index (χ0) is 12.1. The lowest BCUT2D eigenvalue weighted by Gasteiger charge is -2.10. The molecule has 0 aliphatic rings. The van der Waals surface area contributed by atoms with Crippen molar-refractivity contribution in [1.29, 1.82) is 0 Å². The van der Waals surface area contributed by atoms with E-state index in [2.05, 4.69) is 0 Å². The first-order chi connectivity index (χ1) is 7.49. The van der Waals surface area contributed by atoms with Crippen LogP contribution in [-0.4, -0.2) is 16.6 Å². The second-order valence-electron chi connectivity index (χ2n) is 3.17.